The number of hydrogen-bond acceptors (Lipinski definition) is 3. The fourth-order valence-corrected chi connectivity index (χ4v) is 1.41. The maximum atomic E-state index is 8.41. The first-order valence-electron chi connectivity index (χ1n) is 5.27. The summed E-state index contributed by atoms with van der Waals surface area (Å²) in [5.74, 6) is 0. The molecule has 0 saturated carbocycles. The molecule has 1 aromatic rings. The van der Waals surface area contributed by atoms with Gasteiger partial charge < -0.3 is 4.90 Å². The zero-order valence-electron chi connectivity index (χ0n) is 9.19. The molecule has 0 fully saturated rings. The van der Waals surface area contributed by atoms with E-state index in [0.717, 1.165) is 25.9 Å². The van der Waals surface area contributed by atoms with Crippen molar-refractivity contribution in [1.82, 2.24) is 9.88 Å². The number of rotatable bonds is 6. The Kier molecular flexibility index (Phi) is 5.42. The fourth-order valence-electron chi connectivity index (χ4n) is 1.41. The van der Waals surface area contributed by atoms with E-state index in [2.05, 4.69) is 23.0 Å². The topological polar surface area (TPSA) is 39.9 Å². The molecule has 1 aromatic heterocycles. The van der Waals surface area contributed by atoms with Crippen LogP contribution < -0.4 is 0 Å². The minimum atomic E-state index is 0.652. The van der Waals surface area contributed by atoms with Gasteiger partial charge in [-0.25, -0.2) is 0 Å². The molecule has 0 saturated heterocycles. The molecule has 0 aliphatic rings. The maximum absolute atomic E-state index is 8.41. The molecule has 0 aromatic carbocycles. The molecular weight excluding hydrogens is 186 g/mol. The maximum Gasteiger partial charge on any atom is 0.0622 e. The predicted octanol–water partition coefficient (Wildman–Crippen LogP) is 1.86. The minimum Gasteiger partial charge on any atom is -0.306 e. The van der Waals surface area contributed by atoms with E-state index in [0.29, 0.717) is 6.42 Å². The second-order valence-corrected chi connectivity index (χ2v) is 3.67. The first-order valence-corrected chi connectivity index (χ1v) is 5.27. The molecule has 0 N–H and O–H groups in total. The van der Waals surface area contributed by atoms with E-state index in [9.17, 15) is 0 Å². The Balaban J connectivity index is 2.17. The van der Waals surface area contributed by atoms with E-state index in [4.69, 9.17) is 5.26 Å². The Morgan fingerprint density at radius 3 is 2.73 bits per heavy atom. The fraction of sp³-hybridized carbons (Fsp3) is 0.500. The van der Waals surface area contributed by atoms with E-state index < -0.39 is 0 Å². The summed E-state index contributed by atoms with van der Waals surface area (Å²) >= 11 is 0. The van der Waals surface area contributed by atoms with Gasteiger partial charge in [0.2, 0.25) is 0 Å². The van der Waals surface area contributed by atoms with Gasteiger partial charge in [0.25, 0.3) is 0 Å². The molecule has 0 radical (unpaired) electrons. The predicted molar refractivity (Wildman–Crippen MR) is 60.3 cm³/mol. The van der Waals surface area contributed by atoms with Crippen LogP contribution in [0.15, 0.2) is 24.5 Å². The molecule has 0 aliphatic heterocycles. The van der Waals surface area contributed by atoms with Crippen LogP contribution in [0.2, 0.25) is 0 Å². The smallest absolute Gasteiger partial charge is 0.0622 e. The highest BCUT2D eigenvalue weighted by Crippen LogP contribution is 1.99. The Hall–Kier alpha value is -1.40. The van der Waals surface area contributed by atoms with Crippen molar-refractivity contribution in [2.45, 2.75) is 19.3 Å². The standard InChI is InChI=1S/C12H17N3/c1-15(10-3-2-7-13)11-6-12-4-8-14-9-5-12/h4-5,8-9H,2-3,6,10-11H2,1H3. The van der Waals surface area contributed by atoms with Crippen molar-refractivity contribution in [1.29, 1.82) is 5.26 Å². The van der Waals surface area contributed by atoms with Crippen molar-refractivity contribution in [3.63, 3.8) is 0 Å². The van der Waals surface area contributed by atoms with Gasteiger partial charge in [0.05, 0.1) is 6.07 Å². The van der Waals surface area contributed by atoms with Gasteiger partial charge in [0.1, 0.15) is 0 Å². The second kappa shape index (κ2) is 6.97. The number of nitrogens with zero attached hydrogens (tertiary/aromatic N) is 3. The van der Waals surface area contributed by atoms with Gasteiger partial charge in [0.15, 0.2) is 0 Å². The third-order valence-corrected chi connectivity index (χ3v) is 2.36. The van der Waals surface area contributed by atoms with Gasteiger partial charge in [-0.05, 0) is 44.1 Å². The number of nitriles is 1. The van der Waals surface area contributed by atoms with Crippen LogP contribution in [0.25, 0.3) is 0 Å². The molecule has 0 amide bonds. The normalized spacial score (nSPS) is 10.2. The van der Waals surface area contributed by atoms with Gasteiger partial charge in [-0.3, -0.25) is 4.98 Å². The SMILES string of the molecule is CN(CCCC#N)CCc1ccncc1. The van der Waals surface area contributed by atoms with Gasteiger partial charge in [-0.1, -0.05) is 0 Å². The van der Waals surface area contributed by atoms with Crippen LogP contribution in [0.1, 0.15) is 18.4 Å². The summed E-state index contributed by atoms with van der Waals surface area (Å²) in [6.45, 7) is 2.04. The largest absolute Gasteiger partial charge is 0.306 e. The summed E-state index contributed by atoms with van der Waals surface area (Å²) in [5.41, 5.74) is 1.32. The average molecular weight is 203 g/mol. The molecule has 1 rings (SSSR count). The lowest BCUT2D eigenvalue weighted by Crippen LogP contribution is -2.22. The van der Waals surface area contributed by atoms with Crippen LogP contribution in [0, 0.1) is 11.3 Å². The first kappa shape index (κ1) is 11.7. The highest BCUT2D eigenvalue weighted by molar-refractivity contribution is 5.09. The number of unbranched alkanes of at least 4 members (excludes halogenated alkanes) is 1. The lowest BCUT2D eigenvalue weighted by molar-refractivity contribution is 0.335. The van der Waals surface area contributed by atoms with Crippen molar-refractivity contribution >= 4 is 0 Å². The number of pyridine rings is 1. The molecule has 3 nitrogen and oxygen atoms in total. The highest BCUT2D eigenvalue weighted by Gasteiger charge is 1.98. The quantitative estimate of drug-likeness (QED) is 0.662. The molecule has 0 aliphatic carbocycles. The zero-order valence-corrected chi connectivity index (χ0v) is 9.19. The van der Waals surface area contributed by atoms with Gasteiger partial charge in [0, 0.05) is 25.4 Å². The van der Waals surface area contributed by atoms with Crippen molar-refractivity contribution < 1.29 is 0 Å². The number of aromatic nitrogens is 1. The summed E-state index contributed by atoms with van der Waals surface area (Å²) in [4.78, 5) is 6.25. The third-order valence-electron chi connectivity index (χ3n) is 2.36. The molecule has 0 unspecified atom stereocenters. The highest BCUT2D eigenvalue weighted by atomic mass is 15.1. The average Bonchev–Trinajstić information content (AvgIpc) is 2.28. The van der Waals surface area contributed by atoms with Crippen LogP contribution >= 0.6 is 0 Å². The summed E-state index contributed by atoms with van der Waals surface area (Å²) in [6.07, 6.45) is 6.31. The van der Waals surface area contributed by atoms with Crippen LogP contribution in [0.5, 0.6) is 0 Å². The van der Waals surface area contributed by atoms with Crippen molar-refractivity contribution in [2.24, 2.45) is 0 Å². The molecule has 0 atom stereocenters. The summed E-state index contributed by atoms with van der Waals surface area (Å²) in [6, 6.07) is 6.25. The summed E-state index contributed by atoms with van der Waals surface area (Å²) in [5, 5.41) is 8.41. The van der Waals surface area contributed by atoms with E-state index in [-0.39, 0.29) is 0 Å². The Bertz CT molecular complexity index is 302. The lowest BCUT2D eigenvalue weighted by atomic mass is 10.2. The monoisotopic (exact) mass is 203 g/mol. The Morgan fingerprint density at radius 1 is 1.33 bits per heavy atom. The van der Waals surface area contributed by atoms with Gasteiger partial charge in [-0.2, -0.15) is 5.26 Å². The molecular formula is C12H17N3. The first-order chi connectivity index (χ1) is 7.33. The van der Waals surface area contributed by atoms with Crippen molar-refractivity contribution in [3.05, 3.63) is 30.1 Å². The molecule has 3 heteroatoms. The second-order valence-electron chi connectivity index (χ2n) is 3.67. The van der Waals surface area contributed by atoms with E-state index >= 15 is 0 Å². The minimum absolute atomic E-state index is 0.652. The Morgan fingerprint density at radius 2 is 2.07 bits per heavy atom. The lowest BCUT2D eigenvalue weighted by Gasteiger charge is -2.15. The van der Waals surface area contributed by atoms with Crippen LogP contribution in [0.4, 0.5) is 0 Å². The third kappa shape index (κ3) is 5.14. The molecule has 1 heterocycles. The molecule has 0 spiro atoms. The van der Waals surface area contributed by atoms with E-state index in [1.54, 1.807) is 0 Å². The molecule has 0 bridgehead atoms. The van der Waals surface area contributed by atoms with E-state index in [1.165, 1.54) is 5.56 Å². The van der Waals surface area contributed by atoms with E-state index in [1.807, 2.05) is 24.5 Å². The Labute approximate surface area is 91.4 Å². The molecule has 15 heavy (non-hydrogen) atoms. The van der Waals surface area contributed by atoms with Gasteiger partial charge >= 0.3 is 0 Å². The van der Waals surface area contributed by atoms with Crippen LogP contribution in [-0.2, 0) is 6.42 Å². The van der Waals surface area contributed by atoms with Crippen LogP contribution in [0.3, 0.4) is 0 Å². The van der Waals surface area contributed by atoms with Crippen LogP contribution in [-0.4, -0.2) is 30.0 Å². The number of likely N-dealkylation sites (N-methyl/N-ethyl adjacent to an activating group) is 1. The summed E-state index contributed by atoms with van der Waals surface area (Å²) < 4.78 is 0. The van der Waals surface area contributed by atoms with Crippen molar-refractivity contribution in [2.75, 3.05) is 20.1 Å². The van der Waals surface area contributed by atoms with Gasteiger partial charge in [-0.15, -0.1) is 0 Å². The molecule has 80 valence electrons. The van der Waals surface area contributed by atoms with Crippen molar-refractivity contribution in [3.8, 4) is 6.07 Å². The summed E-state index contributed by atoms with van der Waals surface area (Å²) in [7, 11) is 2.10. The number of hydrogen-bond donors (Lipinski definition) is 0. The zero-order chi connectivity index (χ0) is 10.9.